The summed E-state index contributed by atoms with van der Waals surface area (Å²) in [6, 6.07) is 17.1. The number of rotatable bonds is 7. The normalized spacial score (nSPS) is 10.5. The number of benzene rings is 2. The van der Waals surface area contributed by atoms with Crippen molar-refractivity contribution < 1.29 is 9.53 Å². The first-order valence-electron chi connectivity index (χ1n) is 8.81. The Bertz CT molecular complexity index is 880. The third-order valence-electron chi connectivity index (χ3n) is 3.68. The van der Waals surface area contributed by atoms with Crippen LogP contribution >= 0.6 is 0 Å². The molecule has 6 heteroatoms. The molecule has 3 aromatic rings. The van der Waals surface area contributed by atoms with Gasteiger partial charge in [-0.15, -0.1) is 0 Å². The number of amides is 1. The number of hydrogen-bond donors (Lipinski definition) is 2. The molecule has 27 heavy (non-hydrogen) atoms. The number of nitrogens with one attached hydrogen (secondary N) is 2. The molecule has 1 amide bonds. The van der Waals surface area contributed by atoms with E-state index >= 15 is 0 Å². The van der Waals surface area contributed by atoms with Crippen LogP contribution in [-0.2, 0) is 0 Å². The topological polar surface area (TPSA) is 76.1 Å². The minimum absolute atomic E-state index is 0.226. The van der Waals surface area contributed by atoms with Gasteiger partial charge in [0.05, 0.1) is 18.1 Å². The molecule has 1 heterocycles. The van der Waals surface area contributed by atoms with Crippen molar-refractivity contribution in [3.05, 3.63) is 72.7 Å². The molecule has 0 unspecified atom stereocenters. The second-order valence-corrected chi connectivity index (χ2v) is 6.43. The number of anilines is 2. The highest BCUT2D eigenvalue weighted by molar-refractivity contribution is 5.92. The summed E-state index contributed by atoms with van der Waals surface area (Å²) >= 11 is 0. The van der Waals surface area contributed by atoms with Crippen molar-refractivity contribution in [2.45, 2.75) is 13.8 Å². The van der Waals surface area contributed by atoms with Crippen molar-refractivity contribution in [2.24, 2.45) is 5.92 Å². The van der Waals surface area contributed by atoms with E-state index in [4.69, 9.17) is 4.74 Å². The lowest BCUT2D eigenvalue weighted by Gasteiger charge is -2.12. The average molecular weight is 362 g/mol. The number of hydrogen-bond acceptors (Lipinski definition) is 5. The second-order valence-electron chi connectivity index (χ2n) is 6.43. The van der Waals surface area contributed by atoms with Crippen molar-refractivity contribution in [1.29, 1.82) is 0 Å². The highest BCUT2D eigenvalue weighted by atomic mass is 16.5. The summed E-state index contributed by atoms with van der Waals surface area (Å²) in [6.07, 6.45) is 2.99. The Labute approximate surface area is 158 Å². The number of carbonyl (C=O) groups is 1. The van der Waals surface area contributed by atoms with E-state index < -0.39 is 0 Å². The molecule has 6 nitrogen and oxygen atoms in total. The molecule has 0 aliphatic rings. The second kappa shape index (κ2) is 8.80. The predicted octanol–water partition coefficient (Wildman–Crippen LogP) is 4.40. The molecule has 0 spiro atoms. The molecular formula is C21H22N4O2. The fraction of sp³-hybridized carbons (Fsp3) is 0.190. The Kier molecular flexibility index (Phi) is 5.99. The lowest BCUT2D eigenvalue weighted by atomic mass is 10.2. The molecule has 0 aliphatic heterocycles. The Morgan fingerprint density at radius 3 is 2.44 bits per heavy atom. The van der Waals surface area contributed by atoms with Crippen molar-refractivity contribution in [2.75, 3.05) is 11.9 Å². The van der Waals surface area contributed by atoms with Crippen LogP contribution in [0.4, 0.5) is 11.5 Å². The molecule has 0 atom stereocenters. The molecule has 138 valence electrons. The maximum atomic E-state index is 12.0. The standard InChI is InChI=1S/C21H22N4O2/c1-15(2)12-24-21(26)18-13-23-20(14-22-18)25-17-10-6-7-11-19(17)27-16-8-4-3-5-9-16/h3-11,13-15H,12H2,1-2H3,(H,23,25)(H,24,26). The molecule has 0 radical (unpaired) electrons. The quantitative estimate of drug-likeness (QED) is 0.651. The number of ether oxygens (including phenoxy) is 1. The van der Waals surface area contributed by atoms with Gasteiger partial charge in [0.1, 0.15) is 17.3 Å². The summed E-state index contributed by atoms with van der Waals surface area (Å²) in [4.78, 5) is 20.5. The van der Waals surface area contributed by atoms with E-state index in [1.165, 1.54) is 12.4 Å². The van der Waals surface area contributed by atoms with Gasteiger partial charge in [-0.05, 0) is 30.2 Å². The Balaban J connectivity index is 1.70. The van der Waals surface area contributed by atoms with Gasteiger partial charge < -0.3 is 15.4 Å². The highest BCUT2D eigenvalue weighted by Gasteiger charge is 2.10. The van der Waals surface area contributed by atoms with Gasteiger partial charge in [0, 0.05) is 6.54 Å². The zero-order chi connectivity index (χ0) is 19.1. The van der Waals surface area contributed by atoms with Crippen molar-refractivity contribution >= 4 is 17.4 Å². The van der Waals surface area contributed by atoms with Crippen molar-refractivity contribution in [3.8, 4) is 11.5 Å². The van der Waals surface area contributed by atoms with Crippen LogP contribution in [0.15, 0.2) is 67.0 Å². The SMILES string of the molecule is CC(C)CNC(=O)c1cnc(Nc2ccccc2Oc2ccccc2)cn1. The number of carbonyl (C=O) groups excluding carboxylic acids is 1. The lowest BCUT2D eigenvalue weighted by Crippen LogP contribution is -2.28. The molecule has 0 saturated carbocycles. The largest absolute Gasteiger partial charge is 0.455 e. The predicted molar refractivity (Wildman–Crippen MR) is 105 cm³/mol. The van der Waals surface area contributed by atoms with Gasteiger partial charge >= 0.3 is 0 Å². The first-order chi connectivity index (χ1) is 13.1. The minimum Gasteiger partial charge on any atom is -0.455 e. The van der Waals surface area contributed by atoms with E-state index in [1.54, 1.807) is 0 Å². The summed E-state index contributed by atoms with van der Waals surface area (Å²) in [6.45, 7) is 4.67. The van der Waals surface area contributed by atoms with Gasteiger partial charge in [-0.25, -0.2) is 9.97 Å². The number of aromatic nitrogens is 2. The molecule has 2 N–H and O–H groups in total. The van der Waals surface area contributed by atoms with Gasteiger partial charge in [-0.3, -0.25) is 4.79 Å². The van der Waals surface area contributed by atoms with E-state index in [1.807, 2.05) is 68.4 Å². The van der Waals surface area contributed by atoms with Gasteiger partial charge in [-0.1, -0.05) is 44.2 Å². The van der Waals surface area contributed by atoms with Gasteiger partial charge in [0.25, 0.3) is 5.91 Å². The van der Waals surface area contributed by atoms with Crippen LogP contribution in [-0.4, -0.2) is 22.4 Å². The average Bonchev–Trinajstić information content (AvgIpc) is 2.69. The van der Waals surface area contributed by atoms with Crippen LogP contribution in [0.2, 0.25) is 0 Å². The Morgan fingerprint density at radius 1 is 1.00 bits per heavy atom. The van der Waals surface area contributed by atoms with Gasteiger partial charge in [0.2, 0.25) is 0 Å². The zero-order valence-electron chi connectivity index (χ0n) is 15.3. The summed E-state index contributed by atoms with van der Waals surface area (Å²) < 4.78 is 5.92. The van der Waals surface area contributed by atoms with Crippen LogP contribution in [0.25, 0.3) is 0 Å². The third kappa shape index (κ3) is 5.28. The summed E-state index contributed by atoms with van der Waals surface area (Å²) in [5.74, 6) is 2.10. The van der Waals surface area contributed by atoms with Crippen LogP contribution in [0, 0.1) is 5.92 Å². The Morgan fingerprint density at radius 2 is 1.74 bits per heavy atom. The molecule has 0 bridgehead atoms. The summed E-state index contributed by atoms with van der Waals surface area (Å²) in [5, 5.41) is 6.00. The van der Waals surface area contributed by atoms with Gasteiger partial charge in [-0.2, -0.15) is 0 Å². The Hall–Kier alpha value is -3.41. The maximum Gasteiger partial charge on any atom is 0.271 e. The fourth-order valence-corrected chi connectivity index (χ4v) is 2.31. The van der Waals surface area contributed by atoms with E-state index in [9.17, 15) is 4.79 Å². The van der Waals surface area contributed by atoms with E-state index in [2.05, 4.69) is 20.6 Å². The lowest BCUT2D eigenvalue weighted by molar-refractivity contribution is 0.0943. The van der Waals surface area contributed by atoms with Crippen LogP contribution in [0.3, 0.4) is 0 Å². The van der Waals surface area contributed by atoms with Crippen molar-refractivity contribution in [1.82, 2.24) is 15.3 Å². The molecule has 0 fully saturated rings. The monoisotopic (exact) mass is 362 g/mol. The van der Waals surface area contributed by atoms with Crippen molar-refractivity contribution in [3.63, 3.8) is 0 Å². The van der Waals surface area contributed by atoms with E-state index in [0.29, 0.717) is 24.0 Å². The first-order valence-corrected chi connectivity index (χ1v) is 8.81. The zero-order valence-corrected chi connectivity index (χ0v) is 15.3. The summed E-state index contributed by atoms with van der Waals surface area (Å²) in [5.41, 5.74) is 1.04. The van der Waals surface area contributed by atoms with Crippen LogP contribution < -0.4 is 15.4 Å². The third-order valence-corrected chi connectivity index (χ3v) is 3.68. The smallest absolute Gasteiger partial charge is 0.271 e. The van der Waals surface area contributed by atoms with Gasteiger partial charge in [0.15, 0.2) is 5.75 Å². The van der Waals surface area contributed by atoms with E-state index in [-0.39, 0.29) is 11.6 Å². The molecule has 0 saturated heterocycles. The molecule has 0 aliphatic carbocycles. The van der Waals surface area contributed by atoms with E-state index in [0.717, 1.165) is 11.4 Å². The molecule has 2 aromatic carbocycles. The minimum atomic E-state index is -0.226. The highest BCUT2D eigenvalue weighted by Crippen LogP contribution is 2.30. The summed E-state index contributed by atoms with van der Waals surface area (Å²) in [7, 11) is 0. The molecular weight excluding hydrogens is 340 g/mol. The number of nitrogens with zero attached hydrogens (tertiary/aromatic N) is 2. The first kappa shape index (κ1) is 18.4. The molecule has 3 rings (SSSR count). The molecule has 1 aromatic heterocycles. The fourth-order valence-electron chi connectivity index (χ4n) is 2.31. The maximum absolute atomic E-state index is 12.0. The van der Waals surface area contributed by atoms with Crippen LogP contribution in [0.5, 0.6) is 11.5 Å². The number of para-hydroxylation sites is 3. The van der Waals surface area contributed by atoms with Crippen LogP contribution in [0.1, 0.15) is 24.3 Å².